The summed E-state index contributed by atoms with van der Waals surface area (Å²) in [5.41, 5.74) is 1.08. The highest BCUT2D eigenvalue weighted by Crippen LogP contribution is 2.30. The molecule has 2 heterocycles. The Kier molecular flexibility index (Phi) is 3.14. The Morgan fingerprint density at radius 3 is 2.94 bits per heavy atom. The second kappa shape index (κ2) is 4.41. The number of aromatic nitrogens is 1. The van der Waals surface area contributed by atoms with Gasteiger partial charge < -0.3 is 10.0 Å². The third kappa shape index (κ3) is 2.35. The molecule has 1 atom stereocenters. The van der Waals surface area contributed by atoms with E-state index in [1.165, 1.54) is 4.88 Å². The third-order valence-electron chi connectivity index (χ3n) is 3.04. The second-order valence-electron chi connectivity index (χ2n) is 4.34. The van der Waals surface area contributed by atoms with Crippen LogP contribution in [0.4, 0.5) is 5.13 Å². The molecule has 1 aromatic rings. The Balaban J connectivity index is 2.00. The summed E-state index contributed by atoms with van der Waals surface area (Å²) in [6, 6.07) is 0. The van der Waals surface area contributed by atoms with Gasteiger partial charge in [-0.1, -0.05) is 0 Å². The van der Waals surface area contributed by atoms with Crippen molar-refractivity contribution in [2.75, 3.05) is 18.0 Å². The highest BCUT2D eigenvalue weighted by molar-refractivity contribution is 7.15. The van der Waals surface area contributed by atoms with Crippen LogP contribution in [0, 0.1) is 19.8 Å². The van der Waals surface area contributed by atoms with Gasteiger partial charge in [0, 0.05) is 24.4 Å². The Hall–Kier alpha value is -1.10. The standard InChI is InChI=1S/C11H16N2O2S/c1-7-8(2)16-11(12-7)13-4-3-9(6-13)5-10(14)15/h9H,3-6H2,1-2H3,(H,14,15). The molecule has 1 aliphatic heterocycles. The molecule has 5 heteroatoms. The van der Waals surface area contributed by atoms with E-state index in [1.54, 1.807) is 11.3 Å². The molecule has 88 valence electrons. The molecule has 0 radical (unpaired) electrons. The quantitative estimate of drug-likeness (QED) is 0.878. The summed E-state index contributed by atoms with van der Waals surface area (Å²) in [5.74, 6) is -0.416. The molecule has 1 N–H and O–H groups in total. The number of aryl methyl sites for hydroxylation is 2. The van der Waals surface area contributed by atoms with Crippen LogP contribution in [0.3, 0.4) is 0 Å². The number of nitrogens with zero attached hydrogens (tertiary/aromatic N) is 2. The molecule has 1 saturated heterocycles. The molecule has 4 nitrogen and oxygen atoms in total. The van der Waals surface area contributed by atoms with Gasteiger partial charge in [-0.25, -0.2) is 4.98 Å². The lowest BCUT2D eigenvalue weighted by Gasteiger charge is -2.13. The third-order valence-corrected chi connectivity index (χ3v) is 4.17. The van der Waals surface area contributed by atoms with Gasteiger partial charge in [0.1, 0.15) is 0 Å². The van der Waals surface area contributed by atoms with Crippen molar-refractivity contribution in [3.8, 4) is 0 Å². The van der Waals surface area contributed by atoms with Gasteiger partial charge in [-0.05, 0) is 26.2 Å². The van der Waals surface area contributed by atoms with Crippen molar-refractivity contribution in [1.82, 2.24) is 4.98 Å². The minimum absolute atomic E-state index is 0.278. The zero-order valence-electron chi connectivity index (χ0n) is 9.56. The van der Waals surface area contributed by atoms with Crippen molar-refractivity contribution in [2.24, 2.45) is 5.92 Å². The van der Waals surface area contributed by atoms with E-state index in [0.717, 1.165) is 30.3 Å². The van der Waals surface area contributed by atoms with Gasteiger partial charge >= 0.3 is 5.97 Å². The predicted octanol–water partition coefficient (Wildman–Crippen LogP) is 2.06. The number of aliphatic carboxylic acids is 1. The van der Waals surface area contributed by atoms with Crippen molar-refractivity contribution in [2.45, 2.75) is 26.7 Å². The first kappa shape index (κ1) is 11.4. The van der Waals surface area contributed by atoms with Crippen LogP contribution in [-0.2, 0) is 4.79 Å². The van der Waals surface area contributed by atoms with E-state index >= 15 is 0 Å². The monoisotopic (exact) mass is 240 g/mol. The summed E-state index contributed by atoms with van der Waals surface area (Å²) < 4.78 is 0. The van der Waals surface area contributed by atoms with E-state index in [9.17, 15) is 4.79 Å². The lowest BCUT2D eigenvalue weighted by Crippen LogP contribution is -2.20. The van der Waals surface area contributed by atoms with Crippen molar-refractivity contribution in [1.29, 1.82) is 0 Å². The average Bonchev–Trinajstić information content (AvgIpc) is 2.74. The Bertz CT molecular complexity index is 383. The first-order valence-corrected chi connectivity index (χ1v) is 6.28. The number of carbonyl (C=O) groups is 1. The van der Waals surface area contributed by atoms with Gasteiger partial charge in [0.05, 0.1) is 5.69 Å². The van der Waals surface area contributed by atoms with E-state index in [1.807, 2.05) is 6.92 Å². The molecular weight excluding hydrogens is 224 g/mol. The van der Waals surface area contributed by atoms with Crippen LogP contribution in [0.15, 0.2) is 0 Å². The van der Waals surface area contributed by atoms with Crippen LogP contribution in [0.2, 0.25) is 0 Å². The van der Waals surface area contributed by atoms with Crippen LogP contribution in [0.5, 0.6) is 0 Å². The second-order valence-corrected chi connectivity index (χ2v) is 5.52. The zero-order valence-corrected chi connectivity index (χ0v) is 10.4. The Morgan fingerprint density at radius 2 is 2.38 bits per heavy atom. The van der Waals surface area contributed by atoms with Gasteiger partial charge in [0.2, 0.25) is 0 Å². The van der Waals surface area contributed by atoms with E-state index < -0.39 is 5.97 Å². The van der Waals surface area contributed by atoms with Crippen molar-refractivity contribution in [3.63, 3.8) is 0 Å². The SMILES string of the molecule is Cc1nc(N2CCC(CC(=O)O)C2)sc1C. The molecule has 0 saturated carbocycles. The predicted molar refractivity (Wildman–Crippen MR) is 64.2 cm³/mol. The van der Waals surface area contributed by atoms with Gasteiger partial charge in [-0.15, -0.1) is 11.3 Å². The summed E-state index contributed by atoms with van der Waals surface area (Å²) in [7, 11) is 0. The van der Waals surface area contributed by atoms with E-state index in [0.29, 0.717) is 0 Å². The summed E-state index contributed by atoms with van der Waals surface area (Å²) >= 11 is 1.70. The molecule has 0 aromatic carbocycles. The molecular formula is C11H16N2O2S. The molecule has 16 heavy (non-hydrogen) atoms. The lowest BCUT2D eigenvalue weighted by atomic mass is 10.1. The zero-order chi connectivity index (χ0) is 11.7. The first-order chi connectivity index (χ1) is 7.56. The molecule has 1 aliphatic rings. The van der Waals surface area contributed by atoms with Gasteiger partial charge in [0.25, 0.3) is 0 Å². The number of hydrogen-bond donors (Lipinski definition) is 1. The smallest absolute Gasteiger partial charge is 0.303 e. The molecule has 0 bridgehead atoms. The molecule has 1 aromatic heterocycles. The first-order valence-electron chi connectivity index (χ1n) is 5.47. The van der Waals surface area contributed by atoms with Crippen LogP contribution in [-0.4, -0.2) is 29.1 Å². The average molecular weight is 240 g/mol. The summed E-state index contributed by atoms with van der Waals surface area (Å²) in [6.45, 7) is 5.85. The van der Waals surface area contributed by atoms with Gasteiger partial charge in [-0.2, -0.15) is 0 Å². The number of rotatable bonds is 3. The van der Waals surface area contributed by atoms with Crippen LogP contribution >= 0.6 is 11.3 Å². The Labute approximate surface area is 98.9 Å². The fourth-order valence-corrected chi connectivity index (χ4v) is 2.96. The number of hydrogen-bond acceptors (Lipinski definition) is 4. The summed E-state index contributed by atoms with van der Waals surface area (Å²) in [5, 5.41) is 9.79. The summed E-state index contributed by atoms with van der Waals surface area (Å²) in [6.07, 6.45) is 1.24. The highest BCUT2D eigenvalue weighted by atomic mass is 32.1. The normalized spacial score (nSPS) is 20.4. The van der Waals surface area contributed by atoms with Crippen molar-refractivity contribution < 1.29 is 9.90 Å². The fraction of sp³-hybridized carbons (Fsp3) is 0.636. The fourth-order valence-electron chi connectivity index (χ4n) is 2.01. The molecule has 2 rings (SSSR count). The molecule has 0 aliphatic carbocycles. The number of thiazole rings is 1. The van der Waals surface area contributed by atoms with Gasteiger partial charge in [0.15, 0.2) is 5.13 Å². The van der Waals surface area contributed by atoms with Gasteiger partial charge in [-0.3, -0.25) is 4.79 Å². The van der Waals surface area contributed by atoms with Crippen LogP contribution in [0.1, 0.15) is 23.4 Å². The minimum atomic E-state index is -0.696. The largest absolute Gasteiger partial charge is 0.481 e. The van der Waals surface area contributed by atoms with E-state index in [4.69, 9.17) is 5.11 Å². The summed E-state index contributed by atoms with van der Waals surface area (Å²) in [4.78, 5) is 18.6. The molecule has 1 fully saturated rings. The number of carboxylic acids is 1. The molecule has 0 amide bonds. The highest BCUT2D eigenvalue weighted by Gasteiger charge is 2.26. The maximum atomic E-state index is 10.6. The topological polar surface area (TPSA) is 53.4 Å². The van der Waals surface area contributed by atoms with E-state index in [2.05, 4.69) is 16.8 Å². The van der Waals surface area contributed by atoms with Crippen LogP contribution < -0.4 is 4.90 Å². The van der Waals surface area contributed by atoms with E-state index in [-0.39, 0.29) is 12.3 Å². The Morgan fingerprint density at radius 1 is 1.62 bits per heavy atom. The minimum Gasteiger partial charge on any atom is -0.481 e. The van der Waals surface area contributed by atoms with Crippen molar-refractivity contribution >= 4 is 22.4 Å². The molecule has 1 unspecified atom stereocenters. The van der Waals surface area contributed by atoms with Crippen LogP contribution in [0.25, 0.3) is 0 Å². The number of anilines is 1. The lowest BCUT2D eigenvalue weighted by molar-refractivity contribution is -0.137. The van der Waals surface area contributed by atoms with Crippen molar-refractivity contribution in [3.05, 3.63) is 10.6 Å². The molecule has 0 spiro atoms. The number of carboxylic acid groups (broad SMARTS) is 1. The maximum absolute atomic E-state index is 10.6. The maximum Gasteiger partial charge on any atom is 0.303 e.